The van der Waals surface area contributed by atoms with Gasteiger partial charge in [0.1, 0.15) is 6.04 Å². The van der Waals surface area contributed by atoms with E-state index in [2.05, 4.69) is 12.1 Å². The Balaban J connectivity index is 1.55. The van der Waals surface area contributed by atoms with E-state index in [-0.39, 0.29) is 11.8 Å². The lowest BCUT2D eigenvalue weighted by Crippen LogP contribution is -2.57. The molecule has 2 amide bonds. The monoisotopic (exact) mass is 402 g/mol. The lowest BCUT2D eigenvalue weighted by atomic mass is 10.1. The molecule has 0 spiro atoms. The number of halogens is 2. The van der Waals surface area contributed by atoms with E-state index in [0.29, 0.717) is 28.7 Å². The van der Waals surface area contributed by atoms with Crippen molar-refractivity contribution in [3.63, 3.8) is 0 Å². The predicted octanol–water partition coefficient (Wildman–Crippen LogP) is 4.36. The molecule has 2 aromatic rings. The van der Waals surface area contributed by atoms with Gasteiger partial charge in [-0.2, -0.15) is 0 Å². The van der Waals surface area contributed by atoms with Gasteiger partial charge in [-0.3, -0.25) is 9.59 Å². The van der Waals surface area contributed by atoms with Gasteiger partial charge in [-0.15, -0.1) is 0 Å². The van der Waals surface area contributed by atoms with Crippen LogP contribution in [0.1, 0.15) is 34.8 Å². The molecule has 2 aliphatic rings. The largest absolute Gasteiger partial charge is 0.325 e. The number of hydrogen-bond acceptors (Lipinski definition) is 2. The first kappa shape index (κ1) is 18.3. The zero-order valence-electron chi connectivity index (χ0n) is 15.0. The molecule has 1 saturated heterocycles. The van der Waals surface area contributed by atoms with Crippen molar-refractivity contribution in [2.24, 2.45) is 0 Å². The van der Waals surface area contributed by atoms with E-state index in [4.69, 9.17) is 23.2 Å². The second-order valence-corrected chi connectivity index (χ2v) is 7.94. The van der Waals surface area contributed by atoms with Crippen molar-refractivity contribution in [2.75, 3.05) is 18.0 Å². The van der Waals surface area contributed by atoms with Crippen LogP contribution >= 0.6 is 23.2 Å². The number of aryl methyl sites for hydroxylation is 2. The second kappa shape index (κ2) is 7.17. The molecule has 0 radical (unpaired) electrons. The van der Waals surface area contributed by atoms with Crippen LogP contribution in [-0.2, 0) is 17.6 Å². The van der Waals surface area contributed by atoms with Crippen molar-refractivity contribution in [1.82, 2.24) is 4.90 Å². The van der Waals surface area contributed by atoms with Gasteiger partial charge in [0.2, 0.25) is 5.91 Å². The van der Waals surface area contributed by atoms with E-state index in [1.54, 1.807) is 34.9 Å². The van der Waals surface area contributed by atoms with E-state index in [9.17, 15) is 9.59 Å². The molecule has 0 aromatic heterocycles. The van der Waals surface area contributed by atoms with Crippen molar-refractivity contribution in [3.8, 4) is 0 Å². The third kappa shape index (κ3) is 3.32. The zero-order chi connectivity index (χ0) is 19.1. The van der Waals surface area contributed by atoms with Crippen LogP contribution in [-0.4, -0.2) is 35.8 Å². The summed E-state index contributed by atoms with van der Waals surface area (Å²) in [6, 6.07) is 10.5. The maximum absolute atomic E-state index is 13.0. The van der Waals surface area contributed by atoms with Gasteiger partial charge in [-0.05, 0) is 67.6 Å². The minimum atomic E-state index is -0.550. The molecule has 1 atom stereocenters. The normalized spacial score (nSPS) is 19.4. The Morgan fingerprint density at radius 1 is 1.04 bits per heavy atom. The summed E-state index contributed by atoms with van der Waals surface area (Å²) in [4.78, 5) is 29.3. The van der Waals surface area contributed by atoms with Gasteiger partial charge in [0.05, 0.1) is 10.6 Å². The minimum Gasteiger partial charge on any atom is -0.325 e. The molecule has 2 aromatic carbocycles. The second-order valence-electron chi connectivity index (χ2n) is 7.10. The topological polar surface area (TPSA) is 40.6 Å². The zero-order valence-corrected chi connectivity index (χ0v) is 16.6. The first-order valence-corrected chi connectivity index (χ1v) is 9.90. The van der Waals surface area contributed by atoms with Crippen LogP contribution < -0.4 is 4.90 Å². The van der Waals surface area contributed by atoms with Crippen LogP contribution in [0.3, 0.4) is 0 Å². The molecule has 0 N–H and O–H groups in total. The summed E-state index contributed by atoms with van der Waals surface area (Å²) in [5, 5.41) is 0.773. The number of amides is 2. The number of piperazine rings is 1. The van der Waals surface area contributed by atoms with E-state index in [0.717, 1.165) is 18.5 Å². The average Bonchev–Trinajstić information content (AvgIpc) is 3.11. The van der Waals surface area contributed by atoms with Crippen LogP contribution in [0, 0.1) is 0 Å². The summed E-state index contributed by atoms with van der Waals surface area (Å²) < 4.78 is 0. The SMILES string of the molecule is CC1C(=O)N(c2ccc3c(c2)CCC3)CCN1C(=O)c1ccc(Cl)cc1Cl. The maximum atomic E-state index is 13.0. The fraction of sp³-hybridized carbons (Fsp3) is 0.333. The lowest BCUT2D eigenvalue weighted by Gasteiger charge is -2.39. The molecular formula is C21H20Cl2N2O2. The Morgan fingerprint density at radius 3 is 2.59 bits per heavy atom. The van der Waals surface area contributed by atoms with Crippen molar-refractivity contribution >= 4 is 40.7 Å². The number of nitrogens with zero attached hydrogens (tertiary/aromatic N) is 2. The highest BCUT2D eigenvalue weighted by atomic mass is 35.5. The van der Waals surface area contributed by atoms with Gasteiger partial charge in [0.25, 0.3) is 5.91 Å². The molecule has 6 heteroatoms. The molecule has 4 rings (SSSR count). The molecular weight excluding hydrogens is 383 g/mol. The van der Waals surface area contributed by atoms with Crippen molar-refractivity contribution in [1.29, 1.82) is 0 Å². The highest BCUT2D eigenvalue weighted by molar-refractivity contribution is 6.36. The number of benzene rings is 2. The predicted molar refractivity (Wildman–Crippen MR) is 108 cm³/mol. The van der Waals surface area contributed by atoms with Gasteiger partial charge in [0, 0.05) is 23.8 Å². The lowest BCUT2D eigenvalue weighted by molar-refractivity contribution is -0.124. The summed E-state index contributed by atoms with van der Waals surface area (Å²) in [5.74, 6) is -0.316. The molecule has 1 fully saturated rings. The smallest absolute Gasteiger partial charge is 0.256 e. The van der Waals surface area contributed by atoms with Crippen molar-refractivity contribution in [3.05, 3.63) is 63.1 Å². The van der Waals surface area contributed by atoms with Crippen LogP contribution in [0.25, 0.3) is 0 Å². The summed E-state index contributed by atoms with van der Waals surface area (Å²) >= 11 is 12.1. The standard InChI is InChI=1S/C21H20Cl2N2O2/c1-13-20(26)25(17-7-5-14-3-2-4-15(14)11-17)10-9-24(13)21(27)18-8-6-16(22)12-19(18)23/h5-8,11-13H,2-4,9-10H2,1H3. The van der Waals surface area contributed by atoms with Crippen molar-refractivity contribution < 1.29 is 9.59 Å². The van der Waals surface area contributed by atoms with Gasteiger partial charge < -0.3 is 9.80 Å². The number of rotatable bonds is 2. The van der Waals surface area contributed by atoms with Gasteiger partial charge in [-0.1, -0.05) is 29.3 Å². The molecule has 1 aliphatic carbocycles. The minimum absolute atomic E-state index is 0.0716. The van der Waals surface area contributed by atoms with Gasteiger partial charge in [0.15, 0.2) is 0 Å². The number of carbonyl (C=O) groups excluding carboxylic acids is 2. The number of carbonyl (C=O) groups is 2. The molecule has 27 heavy (non-hydrogen) atoms. The van der Waals surface area contributed by atoms with Crippen LogP contribution in [0.4, 0.5) is 5.69 Å². The highest BCUT2D eigenvalue weighted by Gasteiger charge is 2.36. The average molecular weight is 403 g/mol. The quantitative estimate of drug-likeness (QED) is 0.748. The Morgan fingerprint density at radius 2 is 1.81 bits per heavy atom. The third-order valence-electron chi connectivity index (χ3n) is 5.47. The molecule has 140 valence electrons. The molecule has 1 heterocycles. The van der Waals surface area contributed by atoms with E-state index in [1.807, 2.05) is 6.07 Å². The maximum Gasteiger partial charge on any atom is 0.256 e. The first-order chi connectivity index (χ1) is 13.0. The highest BCUT2D eigenvalue weighted by Crippen LogP contribution is 2.29. The summed E-state index contributed by atoms with van der Waals surface area (Å²) in [7, 11) is 0. The van der Waals surface area contributed by atoms with Gasteiger partial charge in [-0.25, -0.2) is 0 Å². The molecule has 1 aliphatic heterocycles. The van der Waals surface area contributed by atoms with Crippen LogP contribution in [0.2, 0.25) is 10.0 Å². The van der Waals surface area contributed by atoms with Gasteiger partial charge >= 0.3 is 0 Å². The van der Waals surface area contributed by atoms with Crippen LogP contribution in [0.5, 0.6) is 0 Å². The molecule has 0 bridgehead atoms. The molecule has 4 nitrogen and oxygen atoms in total. The van der Waals surface area contributed by atoms with Crippen LogP contribution in [0.15, 0.2) is 36.4 Å². The number of hydrogen-bond donors (Lipinski definition) is 0. The third-order valence-corrected chi connectivity index (χ3v) is 6.02. The summed E-state index contributed by atoms with van der Waals surface area (Å²) in [6.45, 7) is 2.70. The molecule has 1 unspecified atom stereocenters. The molecule has 0 saturated carbocycles. The van der Waals surface area contributed by atoms with Crippen molar-refractivity contribution in [2.45, 2.75) is 32.2 Å². The summed E-state index contributed by atoms with van der Waals surface area (Å²) in [6.07, 6.45) is 3.36. The number of anilines is 1. The van der Waals surface area contributed by atoms with E-state index in [1.165, 1.54) is 17.5 Å². The van der Waals surface area contributed by atoms with E-state index >= 15 is 0 Å². The fourth-order valence-corrected chi connectivity index (χ4v) is 4.44. The fourth-order valence-electron chi connectivity index (χ4n) is 3.95. The Bertz CT molecular complexity index is 928. The Hall–Kier alpha value is -2.04. The Labute approximate surface area is 168 Å². The first-order valence-electron chi connectivity index (χ1n) is 9.15. The summed E-state index contributed by atoms with van der Waals surface area (Å²) in [5.41, 5.74) is 4.00. The Kier molecular flexibility index (Phi) is 4.87. The number of fused-ring (bicyclic) bond motifs is 1. The van der Waals surface area contributed by atoms with E-state index < -0.39 is 6.04 Å².